The highest BCUT2D eigenvalue weighted by atomic mass is 19.1. The highest BCUT2D eigenvalue weighted by molar-refractivity contribution is 6.24. The normalized spacial score (nSPS) is 14.9. The van der Waals surface area contributed by atoms with Gasteiger partial charge in [0.1, 0.15) is 5.82 Å². The first-order valence-corrected chi connectivity index (χ1v) is 9.31. The summed E-state index contributed by atoms with van der Waals surface area (Å²) in [6.45, 7) is 1.62. The molecule has 3 N–H and O–H groups in total. The first-order chi connectivity index (χ1) is 14.0. The van der Waals surface area contributed by atoms with Crippen LogP contribution in [-0.4, -0.2) is 35.1 Å². The highest BCUT2D eigenvalue weighted by Gasteiger charge is 2.18. The predicted molar refractivity (Wildman–Crippen MR) is 109 cm³/mol. The number of hydroxylamine groups is 1. The summed E-state index contributed by atoms with van der Waals surface area (Å²) in [7, 11) is 0. The van der Waals surface area contributed by atoms with Gasteiger partial charge in [0.25, 0.3) is 11.8 Å². The fourth-order valence-electron chi connectivity index (χ4n) is 3.02. The fourth-order valence-corrected chi connectivity index (χ4v) is 3.02. The van der Waals surface area contributed by atoms with Crippen molar-refractivity contribution in [1.82, 2.24) is 15.9 Å². The van der Waals surface area contributed by atoms with Gasteiger partial charge in [0.15, 0.2) is 0 Å². The molecule has 7 heteroatoms. The van der Waals surface area contributed by atoms with E-state index >= 15 is 0 Å². The van der Waals surface area contributed by atoms with Gasteiger partial charge in [-0.25, -0.2) is 14.9 Å². The van der Waals surface area contributed by atoms with Crippen molar-refractivity contribution >= 4 is 29.5 Å². The van der Waals surface area contributed by atoms with Crippen molar-refractivity contribution < 1.29 is 19.2 Å². The molecular formula is C22H22FN3O3. The van der Waals surface area contributed by atoms with Crippen molar-refractivity contribution in [3.05, 3.63) is 77.1 Å². The van der Waals surface area contributed by atoms with Crippen LogP contribution in [0.1, 0.15) is 29.5 Å². The average Bonchev–Trinajstić information content (AvgIpc) is 3.24. The summed E-state index contributed by atoms with van der Waals surface area (Å²) in [4.78, 5) is 23.9. The summed E-state index contributed by atoms with van der Waals surface area (Å²) in [5, 5.41) is 10.4. The first kappa shape index (κ1) is 20.4. The van der Waals surface area contributed by atoms with E-state index in [9.17, 15) is 14.0 Å². The Labute approximate surface area is 168 Å². The van der Waals surface area contributed by atoms with E-state index < -0.39 is 5.91 Å². The summed E-state index contributed by atoms with van der Waals surface area (Å²) >= 11 is 0. The topological polar surface area (TPSA) is 81.7 Å². The lowest BCUT2D eigenvalue weighted by Crippen LogP contribution is -2.40. The van der Waals surface area contributed by atoms with Gasteiger partial charge in [0.05, 0.1) is 0 Å². The second-order valence-electron chi connectivity index (χ2n) is 6.68. The van der Waals surface area contributed by atoms with Crippen LogP contribution in [0, 0.1) is 5.82 Å². The molecule has 0 aliphatic carbocycles. The van der Waals surface area contributed by atoms with Gasteiger partial charge in [-0.2, -0.15) is 0 Å². The number of rotatable bonds is 6. The van der Waals surface area contributed by atoms with Gasteiger partial charge in [0, 0.05) is 24.7 Å². The lowest BCUT2D eigenvalue weighted by molar-refractivity contribution is -0.124. The summed E-state index contributed by atoms with van der Waals surface area (Å²) in [6.07, 6.45) is 6.59. The Morgan fingerprint density at radius 3 is 2.21 bits per heavy atom. The van der Waals surface area contributed by atoms with E-state index in [2.05, 4.69) is 5.43 Å². The Kier molecular flexibility index (Phi) is 6.89. The second kappa shape index (κ2) is 9.77. The zero-order chi connectivity index (χ0) is 20.6. The third-order valence-electron chi connectivity index (χ3n) is 4.55. The SMILES string of the molecule is O=C(/C=C/c1ccc(/C=C(/C(=O)NN2CCCC2)c2ccc(F)cc2)cc1)NO. The quantitative estimate of drug-likeness (QED) is 0.304. The third-order valence-corrected chi connectivity index (χ3v) is 4.55. The van der Waals surface area contributed by atoms with Crippen LogP contribution in [0.25, 0.3) is 17.7 Å². The van der Waals surface area contributed by atoms with Crippen molar-refractivity contribution in [3.8, 4) is 0 Å². The average molecular weight is 395 g/mol. The number of hydrogen-bond acceptors (Lipinski definition) is 4. The zero-order valence-corrected chi connectivity index (χ0v) is 15.8. The van der Waals surface area contributed by atoms with E-state index in [4.69, 9.17) is 5.21 Å². The minimum atomic E-state index is -0.619. The number of hydrazine groups is 1. The molecule has 0 radical (unpaired) electrons. The molecule has 1 saturated heterocycles. The van der Waals surface area contributed by atoms with Gasteiger partial charge >= 0.3 is 0 Å². The number of carbonyl (C=O) groups excluding carboxylic acids is 2. The lowest BCUT2D eigenvalue weighted by atomic mass is 10.0. The maximum absolute atomic E-state index is 13.3. The standard InChI is InChI=1S/C22H22FN3O3/c23-19-10-8-18(9-11-19)20(22(28)24-26-13-1-2-14-26)15-17-5-3-16(4-6-17)7-12-21(27)25-29/h3-12,15,29H,1-2,13-14H2,(H,24,28)(H,25,27)/b12-7+,20-15+. The number of benzene rings is 2. The van der Waals surface area contributed by atoms with E-state index in [1.165, 1.54) is 23.7 Å². The van der Waals surface area contributed by atoms with E-state index in [0.717, 1.165) is 37.1 Å². The molecule has 0 atom stereocenters. The van der Waals surface area contributed by atoms with E-state index in [-0.39, 0.29) is 11.7 Å². The number of nitrogens with one attached hydrogen (secondary N) is 2. The maximum atomic E-state index is 13.3. The number of amides is 2. The van der Waals surface area contributed by atoms with Crippen LogP contribution >= 0.6 is 0 Å². The van der Waals surface area contributed by atoms with Crippen LogP contribution in [0.2, 0.25) is 0 Å². The molecule has 29 heavy (non-hydrogen) atoms. The molecule has 1 aliphatic heterocycles. The molecular weight excluding hydrogens is 373 g/mol. The van der Waals surface area contributed by atoms with Gasteiger partial charge in [-0.3, -0.25) is 20.2 Å². The van der Waals surface area contributed by atoms with Gasteiger partial charge in [0.2, 0.25) is 0 Å². The fraction of sp³-hybridized carbons (Fsp3) is 0.182. The van der Waals surface area contributed by atoms with Gasteiger partial charge < -0.3 is 0 Å². The summed E-state index contributed by atoms with van der Waals surface area (Å²) in [5.74, 6) is -1.23. The predicted octanol–water partition coefficient (Wildman–Crippen LogP) is 3.01. The van der Waals surface area contributed by atoms with Crippen molar-refractivity contribution in [2.45, 2.75) is 12.8 Å². The van der Waals surface area contributed by atoms with E-state index in [1.54, 1.807) is 36.4 Å². The lowest BCUT2D eigenvalue weighted by Gasteiger charge is -2.18. The van der Waals surface area contributed by atoms with Crippen molar-refractivity contribution in [3.63, 3.8) is 0 Å². The van der Waals surface area contributed by atoms with Gasteiger partial charge in [-0.15, -0.1) is 0 Å². The molecule has 2 aromatic rings. The molecule has 150 valence electrons. The molecule has 0 saturated carbocycles. The van der Waals surface area contributed by atoms with E-state index in [0.29, 0.717) is 11.1 Å². The van der Waals surface area contributed by atoms with E-state index in [1.807, 2.05) is 17.1 Å². The van der Waals surface area contributed by atoms with Crippen LogP contribution in [0.5, 0.6) is 0 Å². The molecule has 2 aromatic carbocycles. The molecule has 3 rings (SSSR count). The van der Waals surface area contributed by atoms with Crippen LogP contribution in [0.3, 0.4) is 0 Å². The molecule has 1 fully saturated rings. The van der Waals surface area contributed by atoms with Crippen LogP contribution < -0.4 is 10.9 Å². The molecule has 1 aliphatic rings. The van der Waals surface area contributed by atoms with Crippen LogP contribution in [-0.2, 0) is 9.59 Å². The summed E-state index contributed by atoms with van der Waals surface area (Å²) in [6, 6.07) is 13.0. The summed E-state index contributed by atoms with van der Waals surface area (Å²) < 4.78 is 13.3. The Balaban J connectivity index is 1.85. The minimum Gasteiger partial charge on any atom is -0.288 e. The van der Waals surface area contributed by atoms with Crippen LogP contribution in [0.4, 0.5) is 4.39 Å². The number of nitrogens with zero attached hydrogens (tertiary/aromatic N) is 1. The molecule has 0 spiro atoms. The van der Waals surface area contributed by atoms with Crippen molar-refractivity contribution in [1.29, 1.82) is 0 Å². The first-order valence-electron chi connectivity index (χ1n) is 9.31. The Bertz CT molecular complexity index is 915. The monoisotopic (exact) mass is 395 g/mol. The van der Waals surface area contributed by atoms with Gasteiger partial charge in [-0.05, 0) is 53.8 Å². The second-order valence-corrected chi connectivity index (χ2v) is 6.68. The van der Waals surface area contributed by atoms with Crippen molar-refractivity contribution in [2.75, 3.05) is 13.1 Å². The number of carbonyl (C=O) groups is 2. The molecule has 6 nitrogen and oxygen atoms in total. The van der Waals surface area contributed by atoms with Crippen molar-refractivity contribution in [2.24, 2.45) is 0 Å². The summed E-state index contributed by atoms with van der Waals surface area (Å²) in [5.41, 5.74) is 7.03. The number of halogens is 1. The Hall–Kier alpha value is -3.29. The number of hydrogen-bond donors (Lipinski definition) is 3. The van der Waals surface area contributed by atoms with Crippen LogP contribution in [0.15, 0.2) is 54.6 Å². The highest BCUT2D eigenvalue weighted by Crippen LogP contribution is 2.20. The maximum Gasteiger partial charge on any atom is 0.267 e. The zero-order valence-electron chi connectivity index (χ0n) is 15.8. The Morgan fingerprint density at radius 2 is 1.59 bits per heavy atom. The third kappa shape index (κ3) is 5.84. The molecule has 1 heterocycles. The molecule has 0 bridgehead atoms. The molecule has 0 aromatic heterocycles. The van der Waals surface area contributed by atoms with Gasteiger partial charge in [-0.1, -0.05) is 36.4 Å². The minimum absolute atomic E-state index is 0.248. The molecule has 0 unspecified atom stereocenters. The smallest absolute Gasteiger partial charge is 0.267 e. The largest absolute Gasteiger partial charge is 0.288 e. The molecule has 2 amide bonds. The Morgan fingerprint density at radius 1 is 0.966 bits per heavy atom.